The molecule has 3 rings (SSSR count). The Morgan fingerprint density at radius 3 is 2.75 bits per heavy atom. The molecule has 4 nitrogen and oxygen atoms in total. The Bertz CT molecular complexity index is 855. The lowest BCUT2D eigenvalue weighted by Gasteiger charge is -2.06. The summed E-state index contributed by atoms with van der Waals surface area (Å²) in [6.45, 7) is 3.73. The minimum absolute atomic E-state index is 0.208. The van der Waals surface area contributed by atoms with E-state index in [0.29, 0.717) is 16.1 Å². The summed E-state index contributed by atoms with van der Waals surface area (Å²) in [6.07, 6.45) is 5.45. The Morgan fingerprint density at radius 2 is 2.08 bits per heavy atom. The van der Waals surface area contributed by atoms with Gasteiger partial charge in [0.2, 0.25) is 0 Å². The molecule has 6 heteroatoms. The molecule has 0 radical (unpaired) electrons. The molecule has 0 saturated carbocycles. The molecule has 0 aliphatic heterocycles. The first-order valence-corrected chi connectivity index (χ1v) is 8.60. The zero-order valence-corrected chi connectivity index (χ0v) is 14.4. The molecule has 0 unspecified atom stereocenters. The number of hydrogen-bond donors (Lipinski definition) is 1. The molecule has 2 aromatic heterocycles. The second kappa shape index (κ2) is 6.97. The second-order valence-corrected chi connectivity index (χ2v) is 6.51. The number of thiazole rings is 1. The molecule has 0 bridgehead atoms. The number of carbonyl (C=O) groups is 1. The number of aromatic nitrogens is 2. The molecule has 3 aromatic rings. The van der Waals surface area contributed by atoms with Crippen LogP contribution in [0.25, 0.3) is 5.13 Å². The van der Waals surface area contributed by atoms with Crippen LogP contribution in [0.5, 0.6) is 0 Å². The van der Waals surface area contributed by atoms with Gasteiger partial charge in [-0.1, -0.05) is 24.7 Å². The molecule has 0 fully saturated rings. The van der Waals surface area contributed by atoms with E-state index in [4.69, 9.17) is 0 Å². The fourth-order valence-electron chi connectivity index (χ4n) is 2.41. The summed E-state index contributed by atoms with van der Waals surface area (Å²) < 4.78 is 15.3. The average molecular weight is 343 g/mol. The Labute approximate surface area is 144 Å². The standard InChI is InChI=1S/C18H18FN3OS/c1-3-6-15-16(24-18(21-15)22-9-4-5-10-22)17(23)20-13-7-8-14(19)12(2)11-13/h4-5,7-11H,3,6H2,1-2H3,(H,20,23). The summed E-state index contributed by atoms with van der Waals surface area (Å²) in [6, 6.07) is 8.38. The summed E-state index contributed by atoms with van der Waals surface area (Å²) >= 11 is 1.36. The number of anilines is 1. The van der Waals surface area contributed by atoms with Crippen molar-refractivity contribution in [3.05, 3.63) is 64.7 Å². The number of nitrogens with one attached hydrogen (secondary N) is 1. The summed E-state index contributed by atoms with van der Waals surface area (Å²) in [4.78, 5) is 17.8. The first-order chi connectivity index (χ1) is 11.6. The van der Waals surface area contributed by atoms with E-state index < -0.39 is 0 Å². The third kappa shape index (κ3) is 3.38. The lowest BCUT2D eigenvalue weighted by Crippen LogP contribution is -2.12. The summed E-state index contributed by atoms with van der Waals surface area (Å²) in [7, 11) is 0. The minimum Gasteiger partial charge on any atom is -0.321 e. The lowest BCUT2D eigenvalue weighted by atomic mass is 10.2. The number of carbonyl (C=O) groups excluding carboxylic acids is 1. The van der Waals surface area contributed by atoms with E-state index in [9.17, 15) is 9.18 Å². The maximum absolute atomic E-state index is 13.4. The van der Waals surface area contributed by atoms with Gasteiger partial charge in [-0.3, -0.25) is 4.79 Å². The molecule has 1 N–H and O–H groups in total. The van der Waals surface area contributed by atoms with Crippen molar-refractivity contribution in [2.45, 2.75) is 26.7 Å². The number of rotatable bonds is 5. The molecular formula is C18H18FN3OS. The molecule has 124 valence electrons. The third-order valence-corrected chi connectivity index (χ3v) is 4.73. The summed E-state index contributed by atoms with van der Waals surface area (Å²) in [5.41, 5.74) is 1.87. The van der Waals surface area contributed by atoms with Crippen LogP contribution in [0.15, 0.2) is 42.7 Å². The van der Waals surface area contributed by atoms with E-state index in [1.807, 2.05) is 29.1 Å². The van der Waals surface area contributed by atoms with Gasteiger partial charge < -0.3 is 9.88 Å². The van der Waals surface area contributed by atoms with E-state index in [0.717, 1.165) is 23.7 Å². The molecule has 24 heavy (non-hydrogen) atoms. The Balaban J connectivity index is 1.89. The zero-order valence-electron chi connectivity index (χ0n) is 13.5. The third-order valence-electron chi connectivity index (χ3n) is 3.62. The number of nitrogens with zero attached hydrogens (tertiary/aromatic N) is 2. The quantitative estimate of drug-likeness (QED) is 0.737. The average Bonchev–Trinajstić information content (AvgIpc) is 3.20. The summed E-state index contributed by atoms with van der Waals surface area (Å²) in [5.74, 6) is -0.493. The fraction of sp³-hybridized carbons (Fsp3) is 0.222. The van der Waals surface area contributed by atoms with Crippen LogP contribution in [0.1, 0.15) is 34.3 Å². The monoisotopic (exact) mass is 343 g/mol. The van der Waals surface area contributed by atoms with Crippen molar-refractivity contribution < 1.29 is 9.18 Å². The number of amides is 1. The van der Waals surface area contributed by atoms with Gasteiger partial charge in [0.1, 0.15) is 10.7 Å². The normalized spacial score (nSPS) is 10.8. The summed E-state index contributed by atoms with van der Waals surface area (Å²) in [5, 5.41) is 3.61. The second-order valence-electron chi connectivity index (χ2n) is 5.53. The predicted octanol–water partition coefficient (Wildman–Crippen LogP) is 4.59. The predicted molar refractivity (Wildman–Crippen MR) is 94.5 cm³/mol. The van der Waals surface area contributed by atoms with Crippen LogP contribution >= 0.6 is 11.3 Å². The smallest absolute Gasteiger partial charge is 0.267 e. The largest absolute Gasteiger partial charge is 0.321 e. The SMILES string of the molecule is CCCc1nc(-n2cccc2)sc1C(=O)Nc1ccc(F)c(C)c1. The molecule has 0 aliphatic rings. The van der Waals surface area contributed by atoms with Crippen molar-refractivity contribution in [1.82, 2.24) is 9.55 Å². The van der Waals surface area contributed by atoms with Gasteiger partial charge in [0.15, 0.2) is 5.13 Å². The Hall–Kier alpha value is -2.47. The van der Waals surface area contributed by atoms with Crippen LogP contribution in [-0.2, 0) is 6.42 Å². The van der Waals surface area contributed by atoms with Crippen molar-refractivity contribution in [3.8, 4) is 5.13 Å². The van der Waals surface area contributed by atoms with Crippen molar-refractivity contribution in [1.29, 1.82) is 0 Å². The molecule has 1 amide bonds. The van der Waals surface area contributed by atoms with Crippen molar-refractivity contribution >= 4 is 22.9 Å². The number of hydrogen-bond acceptors (Lipinski definition) is 3. The van der Waals surface area contributed by atoms with Crippen molar-refractivity contribution in [2.24, 2.45) is 0 Å². The Morgan fingerprint density at radius 1 is 1.33 bits per heavy atom. The first-order valence-electron chi connectivity index (χ1n) is 7.79. The highest BCUT2D eigenvalue weighted by Crippen LogP contribution is 2.25. The van der Waals surface area contributed by atoms with E-state index in [-0.39, 0.29) is 11.7 Å². The van der Waals surface area contributed by atoms with E-state index in [1.54, 1.807) is 19.1 Å². The number of benzene rings is 1. The highest BCUT2D eigenvalue weighted by Gasteiger charge is 2.18. The highest BCUT2D eigenvalue weighted by atomic mass is 32.1. The van der Waals surface area contributed by atoms with Crippen LogP contribution < -0.4 is 5.32 Å². The van der Waals surface area contributed by atoms with Gasteiger partial charge in [-0.2, -0.15) is 0 Å². The van der Waals surface area contributed by atoms with Crippen molar-refractivity contribution in [3.63, 3.8) is 0 Å². The van der Waals surface area contributed by atoms with Crippen LogP contribution in [-0.4, -0.2) is 15.5 Å². The molecule has 0 saturated heterocycles. The van der Waals surface area contributed by atoms with Gasteiger partial charge in [0, 0.05) is 18.1 Å². The molecule has 0 spiro atoms. The van der Waals surface area contributed by atoms with Gasteiger partial charge >= 0.3 is 0 Å². The molecule has 2 heterocycles. The van der Waals surface area contributed by atoms with Gasteiger partial charge in [-0.05, 0) is 49.2 Å². The minimum atomic E-state index is -0.285. The molecule has 1 aromatic carbocycles. The van der Waals surface area contributed by atoms with E-state index in [1.165, 1.54) is 17.4 Å². The maximum atomic E-state index is 13.4. The van der Waals surface area contributed by atoms with Crippen LogP contribution in [0, 0.1) is 12.7 Å². The molecule has 0 aliphatic carbocycles. The Kier molecular flexibility index (Phi) is 4.76. The maximum Gasteiger partial charge on any atom is 0.267 e. The number of halogens is 1. The van der Waals surface area contributed by atoms with Gasteiger partial charge in [0.25, 0.3) is 5.91 Å². The first kappa shape index (κ1) is 16.4. The molecular weight excluding hydrogens is 325 g/mol. The van der Waals surface area contributed by atoms with Gasteiger partial charge in [-0.25, -0.2) is 9.37 Å². The van der Waals surface area contributed by atoms with Gasteiger partial charge in [0.05, 0.1) is 5.69 Å². The number of aryl methyl sites for hydroxylation is 2. The van der Waals surface area contributed by atoms with Crippen LogP contribution in [0.3, 0.4) is 0 Å². The van der Waals surface area contributed by atoms with Crippen LogP contribution in [0.2, 0.25) is 0 Å². The van der Waals surface area contributed by atoms with E-state index >= 15 is 0 Å². The topological polar surface area (TPSA) is 46.9 Å². The van der Waals surface area contributed by atoms with Crippen LogP contribution in [0.4, 0.5) is 10.1 Å². The fourth-order valence-corrected chi connectivity index (χ4v) is 3.38. The highest BCUT2D eigenvalue weighted by molar-refractivity contribution is 7.16. The molecule has 0 atom stereocenters. The zero-order chi connectivity index (χ0) is 17.1. The van der Waals surface area contributed by atoms with Crippen molar-refractivity contribution in [2.75, 3.05) is 5.32 Å². The van der Waals surface area contributed by atoms with Gasteiger partial charge in [-0.15, -0.1) is 0 Å². The lowest BCUT2D eigenvalue weighted by molar-refractivity contribution is 0.102. The van der Waals surface area contributed by atoms with E-state index in [2.05, 4.69) is 17.2 Å².